The molecule has 1 saturated heterocycles. The summed E-state index contributed by atoms with van der Waals surface area (Å²) in [6.45, 7) is 17.9. The van der Waals surface area contributed by atoms with Crippen LogP contribution in [0.25, 0.3) is 0 Å². The van der Waals surface area contributed by atoms with Crippen molar-refractivity contribution in [1.29, 1.82) is 0 Å². The van der Waals surface area contributed by atoms with E-state index >= 15 is 4.39 Å². The predicted molar refractivity (Wildman–Crippen MR) is 140 cm³/mol. The lowest BCUT2D eigenvalue weighted by atomic mass is 9.31. The molecule has 0 aromatic heterocycles. The summed E-state index contributed by atoms with van der Waals surface area (Å²) in [5, 5.41) is 2.78. The number of hydrogen-bond donors (Lipinski definition) is 1. The molecule has 5 rings (SSSR count). The summed E-state index contributed by atoms with van der Waals surface area (Å²) in [6.07, 6.45) is 5.88. The Morgan fingerprint density at radius 3 is 2.47 bits per heavy atom. The predicted octanol–water partition coefficient (Wildman–Crippen LogP) is 6.63. The molecular formula is C31H48FNO3. The lowest BCUT2D eigenvalue weighted by Crippen LogP contribution is -2.75. The van der Waals surface area contributed by atoms with Crippen molar-refractivity contribution in [2.45, 2.75) is 111 Å². The molecule has 5 fully saturated rings. The van der Waals surface area contributed by atoms with Crippen LogP contribution in [0.15, 0.2) is 12.2 Å². The number of halogens is 1. The van der Waals surface area contributed by atoms with Crippen LogP contribution in [0.1, 0.15) is 99.3 Å². The van der Waals surface area contributed by atoms with Crippen molar-refractivity contribution in [3.8, 4) is 0 Å². The minimum atomic E-state index is -1.19. The third kappa shape index (κ3) is 2.87. The molecule has 4 aliphatic carbocycles. The molecule has 2 bridgehead atoms. The van der Waals surface area contributed by atoms with Crippen molar-refractivity contribution in [2.75, 3.05) is 7.05 Å². The zero-order valence-corrected chi connectivity index (χ0v) is 23.6. The maximum Gasteiger partial charge on any atom is 0.313 e. The molecule has 4 saturated carbocycles. The lowest BCUT2D eigenvalue weighted by molar-refractivity contribution is -0.297. The average Bonchev–Trinajstić information content (AvgIpc) is 3.04. The number of nitrogens with one attached hydrogen (secondary N) is 1. The summed E-state index contributed by atoms with van der Waals surface area (Å²) in [6, 6.07) is 0. The van der Waals surface area contributed by atoms with Gasteiger partial charge in [0.15, 0.2) is 5.60 Å². The number of fused-ring (bicyclic) bond motifs is 2. The van der Waals surface area contributed by atoms with Crippen LogP contribution in [-0.2, 0) is 14.3 Å². The Morgan fingerprint density at radius 2 is 1.83 bits per heavy atom. The second kappa shape index (κ2) is 8.06. The quantitative estimate of drug-likeness (QED) is 0.347. The van der Waals surface area contributed by atoms with Crippen LogP contribution in [0.4, 0.5) is 4.39 Å². The lowest BCUT2D eigenvalue weighted by Gasteiger charge is -2.73. The highest BCUT2D eigenvalue weighted by atomic mass is 19.1. The van der Waals surface area contributed by atoms with E-state index in [2.05, 4.69) is 53.4 Å². The molecule has 202 valence electrons. The van der Waals surface area contributed by atoms with E-state index in [4.69, 9.17) is 4.74 Å². The van der Waals surface area contributed by atoms with E-state index in [9.17, 15) is 9.59 Å². The minimum Gasteiger partial charge on any atom is -0.455 e. The van der Waals surface area contributed by atoms with Gasteiger partial charge in [0.05, 0.1) is 5.41 Å². The van der Waals surface area contributed by atoms with Crippen molar-refractivity contribution in [2.24, 2.45) is 51.2 Å². The van der Waals surface area contributed by atoms with Gasteiger partial charge in [0.1, 0.15) is 6.17 Å². The van der Waals surface area contributed by atoms with Crippen molar-refractivity contribution in [3.05, 3.63) is 12.2 Å². The molecule has 1 heterocycles. The first-order valence-electron chi connectivity index (χ1n) is 14.5. The number of alkyl halides is 1. The number of esters is 1. The van der Waals surface area contributed by atoms with Gasteiger partial charge in [-0.1, -0.05) is 46.8 Å². The number of hydrogen-bond acceptors (Lipinski definition) is 3. The van der Waals surface area contributed by atoms with Crippen LogP contribution >= 0.6 is 0 Å². The van der Waals surface area contributed by atoms with Gasteiger partial charge in [0, 0.05) is 24.8 Å². The number of carbonyl (C=O) groups is 2. The summed E-state index contributed by atoms with van der Waals surface area (Å²) in [4.78, 5) is 26.1. The molecule has 36 heavy (non-hydrogen) atoms. The molecule has 4 nitrogen and oxygen atoms in total. The maximum atomic E-state index is 17.2. The van der Waals surface area contributed by atoms with Gasteiger partial charge < -0.3 is 10.1 Å². The van der Waals surface area contributed by atoms with E-state index < -0.39 is 22.6 Å². The van der Waals surface area contributed by atoms with E-state index in [-0.39, 0.29) is 46.4 Å². The fraction of sp³-hybridized carbons (Fsp3) is 0.871. The molecule has 11 atom stereocenters. The van der Waals surface area contributed by atoms with Gasteiger partial charge >= 0.3 is 5.97 Å². The summed E-state index contributed by atoms with van der Waals surface area (Å²) >= 11 is 0. The third-order valence-corrected chi connectivity index (χ3v) is 13.4. The number of amides is 1. The zero-order chi connectivity index (χ0) is 26.5. The Hall–Kier alpha value is -1.39. The summed E-state index contributed by atoms with van der Waals surface area (Å²) in [7, 11) is 1.68. The Kier molecular flexibility index (Phi) is 5.87. The van der Waals surface area contributed by atoms with Crippen LogP contribution in [0, 0.1) is 51.2 Å². The molecule has 5 heteroatoms. The Labute approximate surface area is 217 Å². The highest BCUT2D eigenvalue weighted by Crippen LogP contribution is 2.80. The summed E-state index contributed by atoms with van der Waals surface area (Å²) in [5.41, 5.74) is -1.26. The van der Waals surface area contributed by atoms with Gasteiger partial charge in [-0.15, -0.1) is 0 Å². The van der Waals surface area contributed by atoms with E-state index in [0.29, 0.717) is 18.8 Å². The maximum absolute atomic E-state index is 17.2. The van der Waals surface area contributed by atoms with Crippen LogP contribution < -0.4 is 5.32 Å². The molecule has 1 unspecified atom stereocenters. The van der Waals surface area contributed by atoms with Crippen LogP contribution in [-0.4, -0.2) is 30.7 Å². The summed E-state index contributed by atoms with van der Waals surface area (Å²) in [5.74, 6) is 0.949. The second-order valence-corrected chi connectivity index (χ2v) is 14.3. The van der Waals surface area contributed by atoms with Gasteiger partial charge in [0.25, 0.3) is 0 Å². The first kappa shape index (κ1) is 26.2. The van der Waals surface area contributed by atoms with Crippen LogP contribution in [0.2, 0.25) is 0 Å². The van der Waals surface area contributed by atoms with E-state index in [1.165, 1.54) is 0 Å². The minimum absolute atomic E-state index is 0.0384. The fourth-order valence-electron chi connectivity index (χ4n) is 11.1. The number of ether oxygens (including phenoxy) is 1. The zero-order valence-electron chi connectivity index (χ0n) is 23.6. The van der Waals surface area contributed by atoms with E-state index in [1.807, 2.05) is 0 Å². The normalized spacial score (nSPS) is 53.5. The first-order chi connectivity index (χ1) is 16.7. The third-order valence-electron chi connectivity index (χ3n) is 13.4. The first-order valence-corrected chi connectivity index (χ1v) is 14.5. The standard InChI is InChI=1S/C31H48FNO3/c1-18(2)21-10-13-28(6)22(27(21,5)12-11-24(34)33-8)17-23(32)31-25-20(4)19(3)9-14-30(25,26(35)36-31)16-15-29(28,31)7/h19-23,25H,1,9-17H2,2-8H3,(H,33,34)/t19-,20+,21+,22-,23-,25-,27+,28-,29+,30+,31?/m1/s1. The molecule has 0 radical (unpaired) electrons. The smallest absolute Gasteiger partial charge is 0.313 e. The monoisotopic (exact) mass is 501 g/mol. The van der Waals surface area contributed by atoms with E-state index in [0.717, 1.165) is 50.5 Å². The molecule has 1 N–H and O–H groups in total. The molecular weight excluding hydrogens is 453 g/mol. The SMILES string of the molecule is C=C(C)[C@@H]1CC[C@]2(C)[C@H](C[C@@H](F)C34OC(=O)[C@@]5(CC[C@@H](C)[C@H](C)[C@@H]35)CC[C@]42C)[C@@]1(C)CCC(=O)NC. The fourth-order valence-corrected chi connectivity index (χ4v) is 11.1. The Bertz CT molecular complexity index is 981. The molecule has 1 spiro atoms. The molecule has 0 aromatic rings. The topological polar surface area (TPSA) is 55.4 Å². The molecule has 5 aliphatic rings. The van der Waals surface area contributed by atoms with E-state index in [1.54, 1.807) is 7.05 Å². The highest BCUT2D eigenvalue weighted by molar-refractivity contribution is 5.82. The second-order valence-electron chi connectivity index (χ2n) is 14.3. The van der Waals surface area contributed by atoms with Crippen molar-refractivity contribution in [1.82, 2.24) is 5.32 Å². The van der Waals surface area contributed by atoms with Gasteiger partial charge in [-0.2, -0.15) is 0 Å². The average molecular weight is 502 g/mol. The van der Waals surface area contributed by atoms with Crippen LogP contribution in [0.5, 0.6) is 0 Å². The molecule has 1 amide bonds. The number of carbonyl (C=O) groups excluding carboxylic acids is 2. The van der Waals surface area contributed by atoms with Crippen molar-refractivity contribution < 1.29 is 18.7 Å². The largest absolute Gasteiger partial charge is 0.455 e. The number of rotatable bonds is 4. The Morgan fingerprint density at radius 1 is 1.14 bits per heavy atom. The Balaban J connectivity index is 1.64. The van der Waals surface area contributed by atoms with Crippen molar-refractivity contribution in [3.63, 3.8) is 0 Å². The number of allylic oxidation sites excluding steroid dienone is 1. The molecule has 1 aliphatic heterocycles. The van der Waals surface area contributed by atoms with Gasteiger partial charge in [-0.3, -0.25) is 9.59 Å². The molecule has 0 aromatic carbocycles. The van der Waals surface area contributed by atoms with Crippen LogP contribution in [0.3, 0.4) is 0 Å². The van der Waals surface area contributed by atoms with Gasteiger partial charge in [-0.05, 0) is 92.8 Å². The van der Waals surface area contributed by atoms with Gasteiger partial charge in [0.2, 0.25) is 5.91 Å². The summed E-state index contributed by atoms with van der Waals surface area (Å²) < 4.78 is 23.7. The highest BCUT2D eigenvalue weighted by Gasteiger charge is 2.83. The van der Waals surface area contributed by atoms with Gasteiger partial charge in [-0.25, -0.2) is 4.39 Å². The van der Waals surface area contributed by atoms with Crippen molar-refractivity contribution >= 4 is 11.9 Å².